The SMILES string of the molecule is COc1ccccc1/C(C)=C\C(=O)Nc1ccc(N2CCC(OC)CC2)c(C(F)(F)F)c1. The zero-order valence-electron chi connectivity index (χ0n) is 18.3. The van der Waals surface area contributed by atoms with Gasteiger partial charge in [-0.1, -0.05) is 18.2 Å². The van der Waals surface area contributed by atoms with E-state index in [1.807, 2.05) is 12.1 Å². The molecule has 0 bridgehead atoms. The van der Waals surface area contributed by atoms with E-state index in [0.717, 1.165) is 11.6 Å². The summed E-state index contributed by atoms with van der Waals surface area (Å²) in [6.07, 6.45) is -1.80. The van der Waals surface area contributed by atoms with E-state index in [2.05, 4.69) is 5.32 Å². The van der Waals surface area contributed by atoms with E-state index >= 15 is 0 Å². The number of hydrogen-bond acceptors (Lipinski definition) is 4. The topological polar surface area (TPSA) is 50.8 Å². The molecule has 0 spiro atoms. The van der Waals surface area contributed by atoms with Crippen LogP contribution in [0.15, 0.2) is 48.5 Å². The Morgan fingerprint density at radius 1 is 1.12 bits per heavy atom. The Hall–Kier alpha value is -3.00. The number of carbonyl (C=O) groups is 1. The van der Waals surface area contributed by atoms with Crippen LogP contribution in [0.1, 0.15) is 30.9 Å². The van der Waals surface area contributed by atoms with Crippen LogP contribution in [-0.2, 0) is 15.7 Å². The maximum atomic E-state index is 13.8. The number of nitrogens with one attached hydrogen (secondary N) is 1. The summed E-state index contributed by atoms with van der Waals surface area (Å²) in [4.78, 5) is 14.2. The molecule has 0 saturated carbocycles. The second-order valence-electron chi connectivity index (χ2n) is 7.67. The average Bonchev–Trinajstić information content (AvgIpc) is 2.78. The number of halogens is 3. The third-order valence-electron chi connectivity index (χ3n) is 5.56. The van der Waals surface area contributed by atoms with Gasteiger partial charge in [-0.2, -0.15) is 13.2 Å². The molecular weight excluding hydrogens is 421 g/mol. The van der Waals surface area contributed by atoms with Crippen LogP contribution in [0.3, 0.4) is 0 Å². The Morgan fingerprint density at radius 2 is 1.81 bits per heavy atom. The molecule has 1 fully saturated rings. The normalized spacial score (nSPS) is 15.6. The summed E-state index contributed by atoms with van der Waals surface area (Å²) in [5.41, 5.74) is 0.800. The van der Waals surface area contributed by atoms with Gasteiger partial charge < -0.3 is 19.7 Å². The molecule has 1 N–H and O–H groups in total. The lowest BCUT2D eigenvalue weighted by molar-refractivity contribution is -0.137. The predicted octanol–water partition coefficient (Wildman–Crippen LogP) is 5.37. The summed E-state index contributed by atoms with van der Waals surface area (Å²) in [5.74, 6) is 0.0881. The van der Waals surface area contributed by atoms with Gasteiger partial charge in [-0.05, 0) is 49.6 Å². The second-order valence-corrected chi connectivity index (χ2v) is 7.67. The summed E-state index contributed by atoms with van der Waals surface area (Å²) in [6, 6.07) is 11.1. The summed E-state index contributed by atoms with van der Waals surface area (Å²) < 4.78 is 52.0. The van der Waals surface area contributed by atoms with Crippen LogP contribution in [0.2, 0.25) is 0 Å². The van der Waals surface area contributed by atoms with Crippen LogP contribution in [0, 0.1) is 0 Å². The van der Waals surface area contributed by atoms with Crippen molar-refractivity contribution in [2.45, 2.75) is 32.0 Å². The van der Waals surface area contributed by atoms with Crippen molar-refractivity contribution >= 4 is 22.9 Å². The van der Waals surface area contributed by atoms with Crippen molar-refractivity contribution < 1.29 is 27.4 Å². The Kier molecular flexibility index (Phi) is 7.45. The van der Waals surface area contributed by atoms with Crippen LogP contribution in [0.5, 0.6) is 5.75 Å². The van der Waals surface area contributed by atoms with Crippen LogP contribution in [0.4, 0.5) is 24.5 Å². The number of piperidine rings is 1. The number of alkyl halides is 3. The van der Waals surface area contributed by atoms with Crippen molar-refractivity contribution in [3.8, 4) is 5.75 Å². The summed E-state index contributed by atoms with van der Waals surface area (Å²) in [5, 5.41) is 2.54. The van der Waals surface area contributed by atoms with Crippen molar-refractivity contribution in [2.75, 3.05) is 37.5 Å². The van der Waals surface area contributed by atoms with E-state index in [4.69, 9.17) is 9.47 Å². The smallest absolute Gasteiger partial charge is 0.418 e. The molecular formula is C24H27F3N2O3. The number of ether oxygens (including phenoxy) is 2. The van der Waals surface area contributed by atoms with Crippen LogP contribution < -0.4 is 15.0 Å². The van der Waals surface area contributed by atoms with Crippen molar-refractivity contribution in [3.63, 3.8) is 0 Å². The Bertz CT molecular complexity index is 981. The lowest BCUT2D eigenvalue weighted by Crippen LogP contribution is -2.37. The predicted molar refractivity (Wildman–Crippen MR) is 119 cm³/mol. The molecule has 3 rings (SSSR count). The maximum Gasteiger partial charge on any atom is 0.418 e. The minimum atomic E-state index is -4.54. The summed E-state index contributed by atoms with van der Waals surface area (Å²) in [7, 11) is 3.15. The van der Waals surface area contributed by atoms with Crippen LogP contribution in [0.25, 0.3) is 5.57 Å². The first-order valence-electron chi connectivity index (χ1n) is 10.3. The molecule has 0 atom stereocenters. The van der Waals surface area contributed by atoms with Gasteiger partial charge in [0.2, 0.25) is 5.91 Å². The number of rotatable bonds is 6. The molecule has 1 amide bonds. The van der Waals surface area contributed by atoms with Gasteiger partial charge in [-0.25, -0.2) is 0 Å². The molecule has 1 saturated heterocycles. The monoisotopic (exact) mass is 448 g/mol. The highest BCUT2D eigenvalue weighted by Crippen LogP contribution is 2.39. The molecule has 0 aromatic heterocycles. The summed E-state index contributed by atoms with van der Waals surface area (Å²) >= 11 is 0. The van der Waals surface area contributed by atoms with Gasteiger partial charge in [0, 0.05) is 43.2 Å². The molecule has 2 aromatic carbocycles. The van der Waals surface area contributed by atoms with Gasteiger partial charge in [0.25, 0.3) is 0 Å². The fraction of sp³-hybridized carbons (Fsp3) is 0.375. The molecule has 32 heavy (non-hydrogen) atoms. The number of hydrogen-bond donors (Lipinski definition) is 1. The Labute approximate surface area is 185 Å². The van der Waals surface area contributed by atoms with Gasteiger partial charge in [-0.15, -0.1) is 0 Å². The zero-order chi connectivity index (χ0) is 23.3. The number of para-hydroxylation sites is 1. The molecule has 2 aromatic rings. The van der Waals surface area contributed by atoms with Gasteiger partial charge >= 0.3 is 6.18 Å². The fourth-order valence-corrected chi connectivity index (χ4v) is 3.87. The molecule has 172 valence electrons. The number of methoxy groups -OCH3 is 2. The summed E-state index contributed by atoms with van der Waals surface area (Å²) in [6.45, 7) is 2.70. The highest BCUT2D eigenvalue weighted by atomic mass is 19.4. The molecule has 0 unspecified atom stereocenters. The maximum absolute atomic E-state index is 13.8. The lowest BCUT2D eigenvalue weighted by atomic mass is 10.0. The third-order valence-corrected chi connectivity index (χ3v) is 5.56. The highest BCUT2D eigenvalue weighted by molar-refractivity contribution is 6.04. The third kappa shape index (κ3) is 5.62. The number of anilines is 2. The number of allylic oxidation sites excluding steroid dienone is 1. The number of benzene rings is 2. The number of carbonyl (C=O) groups excluding carboxylic acids is 1. The van der Waals surface area contributed by atoms with Crippen molar-refractivity contribution in [2.24, 2.45) is 0 Å². The van der Waals surface area contributed by atoms with Crippen LogP contribution >= 0.6 is 0 Å². The zero-order valence-corrected chi connectivity index (χ0v) is 18.3. The van der Waals surface area contributed by atoms with Crippen molar-refractivity contribution in [1.82, 2.24) is 0 Å². The fourth-order valence-electron chi connectivity index (χ4n) is 3.87. The first kappa shape index (κ1) is 23.7. The number of nitrogens with zero attached hydrogens (tertiary/aromatic N) is 1. The van der Waals surface area contributed by atoms with Gasteiger partial charge in [0.15, 0.2) is 0 Å². The standard InChI is InChI=1S/C24H27F3N2O3/c1-16(19-6-4-5-7-22(19)32-3)14-23(30)28-17-8-9-21(20(15-17)24(25,26)27)29-12-10-18(31-2)11-13-29/h4-9,14-15,18H,10-13H2,1-3H3,(H,28,30)/b16-14-. The van der Waals surface area contributed by atoms with Gasteiger partial charge in [0.05, 0.1) is 18.8 Å². The van der Waals surface area contributed by atoms with Gasteiger partial charge in [0.1, 0.15) is 5.75 Å². The molecule has 5 nitrogen and oxygen atoms in total. The molecule has 8 heteroatoms. The van der Waals surface area contributed by atoms with Crippen molar-refractivity contribution in [1.29, 1.82) is 0 Å². The van der Waals surface area contributed by atoms with E-state index in [9.17, 15) is 18.0 Å². The first-order valence-corrected chi connectivity index (χ1v) is 10.3. The second kappa shape index (κ2) is 10.1. The molecule has 0 aliphatic carbocycles. The van der Waals surface area contributed by atoms with E-state index < -0.39 is 17.6 Å². The van der Waals surface area contributed by atoms with Crippen LogP contribution in [-0.4, -0.2) is 39.3 Å². The molecule has 0 radical (unpaired) electrons. The van der Waals surface area contributed by atoms with E-state index in [1.54, 1.807) is 31.1 Å². The van der Waals surface area contributed by atoms with E-state index in [-0.39, 0.29) is 17.5 Å². The van der Waals surface area contributed by atoms with E-state index in [0.29, 0.717) is 37.3 Å². The number of amides is 1. The Balaban J connectivity index is 1.80. The average molecular weight is 448 g/mol. The van der Waals surface area contributed by atoms with Crippen molar-refractivity contribution in [3.05, 3.63) is 59.7 Å². The quantitative estimate of drug-likeness (QED) is 0.604. The van der Waals surface area contributed by atoms with Gasteiger partial charge in [-0.3, -0.25) is 4.79 Å². The van der Waals surface area contributed by atoms with E-state index in [1.165, 1.54) is 25.3 Å². The molecule has 1 heterocycles. The first-order chi connectivity index (χ1) is 15.2. The minimum Gasteiger partial charge on any atom is -0.496 e. The largest absolute Gasteiger partial charge is 0.496 e. The lowest BCUT2D eigenvalue weighted by Gasteiger charge is -2.34. The molecule has 1 aliphatic heterocycles. The molecule has 1 aliphatic rings. The highest BCUT2D eigenvalue weighted by Gasteiger charge is 2.36. The Morgan fingerprint density at radius 3 is 2.44 bits per heavy atom. The minimum absolute atomic E-state index is 0.0670.